The summed E-state index contributed by atoms with van der Waals surface area (Å²) in [5.74, 6) is -0.770. The Balaban J connectivity index is 2.32. The molecule has 0 radical (unpaired) electrons. The minimum atomic E-state index is -3.90. The molecule has 19 heavy (non-hydrogen) atoms. The first-order valence-electron chi connectivity index (χ1n) is 5.02. The van der Waals surface area contributed by atoms with Gasteiger partial charge in [-0.05, 0) is 24.3 Å². The molecule has 9 heteroatoms. The molecule has 0 saturated heterocycles. The second kappa shape index (κ2) is 4.94. The van der Waals surface area contributed by atoms with E-state index < -0.39 is 15.8 Å². The predicted octanol–water partition coefficient (Wildman–Crippen LogP) is 0.984. The van der Waals surface area contributed by atoms with Crippen LogP contribution in [0.3, 0.4) is 0 Å². The van der Waals surface area contributed by atoms with Crippen LogP contribution in [0.2, 0.25) is 0 Å². The smallest absolute Gasteiger partial charge is 0.278 e. The van der Waals surface area contributed by atoms with Crippen molar-refractivity contribution in [3.63, 3.8) is 0 Å². The molecule has 100 valence electrons. The van der Waals surface area contributed by atoms with Gasteiger partial charge >= 0.3 is 0 Å². The Morgan fingerprint density at radius 1 is 1.42 bits per heavy atom. The van der Waals surface area contributed by atoms with Gasteiger partial charge in [0.05, 0.1) is 11.9 Å². The first-order valence-corrected chi connectivity index (χ1v) is 6.91. The normalized spacial score (nSPS) is 11.2. The van der Waals surface area contributed by atoms with Crippen LogP contribution in [0.4, 0.5) is 10.1 Å². The fraction of sp³-hybridized carbons (Fsp3) is 0. The summed E-state index contributed by atoms with van der Waals surface area (Å²) in [4.78, 5) is 0.0295. The molecule has 0 unspecified atom stereocenters. The number of thiocarbonyl (C=S) groups is 1. The molecule has 0 aliphatic heterocycles. The van der Waals surface area contributed by atoms with E-state index >= 15 is 0 Å². The molecule has 2 rings (SSSR count). The van der Waals surface area contributed by atoms with Crippen LogP contribution in [0.1, 0.15) is 5.56 Å². The molecule has 1 aromatic carbocycles. The SMILES string of the molecule is NC(=S)c1ccc(NS(=O)(=O)c2ccn[nH]2)c(F)c1. The van der Waals surface area contributed by atoms with Crippen LogP contribution in [0, 0.1) is 5.82 Å². The number of nitrogens with two attached hydrogens (primary N) is 1. The van der Waals surface area contributed by atoms with Gasteiger partial charge in [-0.3, -0.25) is 9.82 Å². The lowest BCUT2D eigenvalue weighted by atomic mass is 10.2. The van der Waals surface area contributed by atoms with Crippen LogP contribution in [0.5, 0.6) is 0 Å². The van der Waals surface area contributed by atoms with Crippen molar-refractivity contribution in [2.75, 3.05) is 4.72 Å². The third kappa shape index (κ3) is 2.88. The summed E-state index contributed by atoms with van der Waals surface area (Å²) in [5.41, 5.74) is 5.47. The van der Waals surface area contributed by atoms with E-state index in [1.807, 2.05) is 0 Å². The Kier molecular flexibility index (Phi) is 3.49. The number of halogens is 1. The van der Waals surface area contributed by atoms with Gasteiger partial charge < -0.3 is 5.73 Å². The third-order valence-electron chi connectivity index (χ3n) is 2.26. The standard InChI is InChI=1S/C10H9FN4O2S2/c11-7-5-6(10(12)18)1-2-8(7)15-19(16,17)9-3-4-13-14-9/h1-5,15H,(H2,12,18)(H,13,14). The van der Waals surface area contributed by atoms with Crippen LogP contribution >= 0.6 is 12.2 Å². The number of benzene rings is 1. The van der Waals surface area contributed by atoms with E-state index in [1.54, 1.807) is 0 Å². The minimum Gasteiger partial charge on any atom is -0.389 e. The third-order valence-corrected chi connectivity index (χ3v) is 3.79. The van der Waals surface area contributed by atoms with E-state index in [9.17, 15) is 12.8 Å². The number of hydrogen-bond acceptors (Lipinski definition) is 4. The van der Waals surface area contributed by atoms with E-state index in [0.29, 0.717) is 5.56 Å². The highest BCUT2D eigenvalue weighted by Crippen LogP contribution is 2.19. The Bertz CT molecular complexity index is 713. The number of sulfonamides is 1. The fourth-order valence-electron chi connectivity index (χ4n) is 1.34. The molecule has 1 heterocycles. The van der Waals surface area contributed by atoms with E-state index in [2.05, 4.69) is 14.9 Å². The second-order valence-electron chi connectivity index (χ2n) is 3.59. The molecule has 4 N–H and O–H groups in total. The van der Waals surface area contributed by atoms with Crippen molar-refractivity contribution in [1.82, 2.24) is 10.2 Å². The van der Waals surface area contributed by atoms with Crippen molar-refractivity contribution in [3.8, 4) is 0 Å². The first kappa shape index (κ1) is 13.4. The summed E-state index contributed by atoms with van der Waals surface area (Å²) >= 11 is 4.70. The van der Waals surface area contributed by atoms with Gasteiger partial charge in [-0.1, -0.05) is 12.2 Å². The summed E-state index contributed by atoms with van der Waals surface area (Å²) in [6, 6.07) is 4.99. The average molecular weight is 300 g/mol. The minimum absolute atomic E-state index is 0.0295. The zero-order valence-corrected chi connectivity index (χ0v) is 11.1. The largest absolute Gasteiger partial charge is 0.389 e. The van der Waals surface area contributed by atoms with Crippen LogP contribution < -0.4 is 10.5 Å². The zero-order valence-electron chi connectivity index (χ0n) is 9.42. The molecular formula is C10H9FN4O2S2. The number of anilines is 1. The Labute approximate surface area is 113 Å². The number of rotatable bonds is 4. The van der Waals surface area contributed by atoms with Gasteiger partial charge in [-0.25, -0.2) is 4.39 Å². The first-order chi connectivity index (χ1) is 8.90. The van der Waals surface area contributed by atoms with Crippen molar-refractivity contribution < 1.29 is 12.8 Å². The fourth-order valence-corrected chi connectivity index (χ4v) is 2.45. The molecule has 0 aliphatic carbocycles. The molecule has 6 nitrogen and oxygen atoms in total. The topological polar surface area (TPSA) is 101 Å². The Hall–Kier alpha value is -2.00. The summed E-state index contributed by atoms with van der Waals surface area (Å²) < 4.78 is 39.5. The number of nitrogens with zero attached hydrogens (tertiary/aromatic N) is 1. The summed E-state index contributed by atoms with van der Waals surface area (Å²) in [6.07, 6.45) is 1.28. The van der Waals surface area contributed by atoms with E-state index in [1.165, 1.54) is 24.4 Å². The molecule has 0 fully saturated rings. The average Bonchev–Trinajstić information content (AvgIpc) is 2.85. The van der Waals surface area contributed by atoms with Crippen molar-refractivity contribution in [2.24, 2.45) is 5.73 Å². The number of H-pyrrole nitrogens is 1. The molecule has 1 aromatic heterocycles. The molecule has 0 spiro atoms. The second-order valence-corrected chi connectivity index (χ2v) is 5.68. The monoisotopic (exact) mass is 300 g/mol. The molecular weight excluding hydrogens is 291 g/mol. The molecule has 0 bridgehead atoms. The lowest BCUT2D eigenvalue weighted by Gasteiger charge is -2.08. The zero-order chi connectivity index (χ0) is 14.0. The van der Waals surface area contributed by atoms with Gasteiger partial charge in [0.25, 0.3) is 10.0 Å². The van der Waals surface area contributed by atoms with Gasteiger partial charge in [0.1, 0.15) is 10.8 Å². The van der Waals surface area contributed by atoms with E-state index in [4.69, 9.17) is 18.0 Å². The molecule has 0 amide bonds. The maximum atomic E-state index is 13.7. The van der Waals surface area contributed by atoms with Crippen molar-refractivity contribution in [1.29, 1.82) is 0 Å². The van der Waals surface area contributed by atoms with Gasteiger partial charge in [0.15, 0.2) is 5.03 Å². The summed E-state index contributed by atoms with van der Waals surface area (Å²) in [5, 5.41) is 5.64. The highest BCUT2D eigenvalue weighted by Gasteiger charge is 2.17. The van der Waals surface area contributed by atoms with Gasteiger partial charge in [0, 0.05) is 5.56 Å². The van der Waals surface area contributed by atoms with Crippen molar-refractivity contribution >= 4 is 32.9 Å². The molecule has 2 aromatic rings. The molecule has 0 atom stereocenters. The highest BCUT2D eigenvalue weighted by atomic mass is 32.2. The maximum absolute atomic E-state index is 13.7. The quantitative estimate of drug-likeness (QED) is 0.731. The van der Waals surface area contributed by atoms with Crippen LogP contribution in [0.25, 0.3) is 0 Å². The highest BCUT2D eigenvalue weighted by molar-refractivity contribution is 7.92. The lowest BCUT2D eigenvalue weighted by molar-refractivity contribution is 0.594. The molecule has 0 aliphatic rings. The summed E-state index contributed by atoms with van der Waals surface area (Å²) in [6.45, 7) is 0. The van der Waals surface area contributed by atoms with Crippen molar-refractivity contribution in [3.05, 3.63) is 41.8 Å². The van der Waals surface area contributed by atoms with E-state index in [0.717, 1.165) is 6.07 Å². The van der Waals surface area contributed by atoms with Crippen LogP contribution in [-0.4, -0.2) is 23.6 Å². The number of hydrogen-bond donors (Lipinski definition) is 3. The lowest BCUT2D eigenvalue weighted by Crippen LogP contribution is -2.15. The molecule has 0 saturated carbocycles. The van der Waals surface area contributed by atoms with Gasteiger partial charge in [0.2, 0.25) is 0 Å². The van der Waals surface area contributed by atoms with E-state index in [-0.39, 0.29) is 15.7 Å². The predicted molar refractivity (Wildman–Crippen MR) is 71.7 cm³/mol. The van der Waals surface area contributed by atoms with Crippen molar-refractivity contribution in [2.45, 2.75) is 5.03 Å². The number of nitrogens with one attached hydrogen (secondary N) is 2. The Morgan fingerprint density at radius 2 is 2.16 bits per heavy atom. The number of aromatic nitrogens is 2. The van der Waals surface area contributed by atoms with Crippen LogP contribution in [0.15, 0.2) is 35.5 Å². The van der Waals surface area contributed by atoms with Crippen LogP contribution in [-0.2, 0) is 10.0 Å². The maximum Gasteiger partial charge on any atom is 0.278 e. The Morgan fingerprint density at radius 3 is 2.68 bits per heavy atom. The van der Waals surface area contributed by atoms with Gasteiger partial charge in [-0.2, -0.15) is 13.5 Å². The number of aromatic amines is 1. The van der Waals surface area contributed by atoms with Gasteiger partial charge in [-0.15, -0.1) is 0 Å². The summed E-state index contributed by atoms with van der Waals surface area (Å²) in [7, 11) is -3.90.